The highest BCUT2D eigenvalue weighted by atomic mass is 16.5. The molecule has 5 heteroatoms. The largest absolute Gasteiger partial charge is 0.496 e. The molecule has 2 saturated heterocycles. The van der Waals surface area contributed by atoms with Crippen LogP contribution >= 0.6 is 0 Å². The average Bonchev–Trinajstić information content (AvgIpc) is 3.31. The normalized spacial score (nSPS) is 17.6. The highest BCUT2D eigenvalue weighted by Crippen LogP contribution is 2.24. The molecule has 158 valence electrons. The van der Waals surface area contributed by atoms with Gasteiger partial charge in [-0.25, -0.2) is 0 Å². The van der Waals surface area contributed by atoms with Gasteiger partial charge in [0.2, 0.25) is 0 Å². The fourth-order valence-electron chi connectivity index (χ4n) is 4.12. The zero-order valence-electron chi connectivity index (χ0n) is 17.7. The number of methoxy groups -OCH3 is 1. The topological polar surface area (TPSA) is 42.0 Å². The van der Waals surface area contributed by atoms with Crippen LogP contribution in [0.2, 0.25) is 0 Å². The first-order valence-corrected chi connectivity index (χ1v) is 10.8. The van der Waals surface area contributed by atoms with Crippen molar-refractivity contribution < 1.29 is 14.3 Å². The Balaban J connectivity index is 1.43. The Hall–Kier alpha value is -2.63. The predicted molar refractivity (Wildman–Crippen MR) is 120 cm³/mol. The molecule has 0 spiro atoms. The first-order chi connectivity index (χ1) is 14.7. The second-order valence-electron chi connectivity index (χ2n) is 7.90. The highest BCUT2D eigenvalue weighted by Gasteiger charge is 2.16. The number of hydrogen-bond donors (Lipinski definition) is 0. The van der Waals surface area contributed by atoms with E-state index < -0.39 is 0 Å². The third-order valence-electron chi connectivity index (χ3n) is 5.85. The lowest BCUT2D eigenvalue weighted by Gasteiger charge is -2.28. The molecule has 30 heavy (non-hydrogen) atoms. The van der Waals surface area contributed by atoms with E-state index in [1.165, 1.54) is 18.5 Å². The van der Waals surface area contributed by atoms with Crippen LogP contribution in [0.3, 0.4) is 0 Å². The molecule has 0 unspecified atom stereocenters. The van der Waals surface area contributed by atoms with E-state index in [0.717, 1.165) is 62.8 Å². The van der Waals surface area contributed by atoms with Crippen molar-refractivity contribution >= 4 is 17.5 Å². The number of allylic oxidation sites excluding steroid dienone is 1. The molecule has 0 N–H and O–H groups in total. The molecular weight excluding hydrogens is 376 g/mol. The minimum atomic E-state index is 0.0116. The van der Waals surface area contributed by atoms with E-state index in [2.05, 4.69) is 34.1 Å². The lowest BCUT2D eigenvalue weighted by atomic mass is 10.0. The molecule has 2 fully saturated rings. The van der Waals surface area contributed by atoms with Crippen molar-refractivity contribution in [2.75, 3.05) is 51.4 Å². The van der Waals surface area contributed by atoms with Crippen LogP contribution in [0.25, 0.3) is 6.08 Å². The van der Waals surface area contributed by atoms with Crippen molar-refractivity contribution in [3.63, 3.8) is 0 Å². The zero-order chi connectivity index (χ0) is 20.8. The predicted octanol–water partition coefficient (Wildman–Crippen LogP) is 4.02. The van der Waals surface area contributed by atoms with Gasteiger partial charge in [-0.2, -0.15) is 0 Å². The van der Waals surface area contributed by atoms with Gasteiger partial charge in [0.05, 0.1) is 20.3 Å². The maximum absolute atomic E-state index is 12.8. The van der Waals surface area contributed by atoms with Crippen LogP contribution in [0.5, 0.6) is 5.75 Å². The van der Waals surface area contributed by atoms with E-state index in [-0.39, 0.29) is 5.78 Å². The fourth-order valence-corrected chi connectivity index (χ4v) is 4.12. The second-order valence-corrected chi connectivity index (χ2v) is 7.90. The van der Waals surface area contributed by atoms with Crippen LogP contribution in [-0.4, -0.2) is 57.2 Å². The number of morpholine rings is 1. The van der Waals surface area contributed by atoms with Gasteiger partial charge in [-0.15, -0.1) is 0 Å². The minimum Gasteiger partial charge on any atom is -0.496 e. The maximum Gasteiger partial charge on any atom is 0.185 e. The smallest absolute Gasteiger partial charge is 0.185 e. The molecular formula is C25H30N2O3. The van der Waals surface area contributed by atoms with Gasteiger partial charge < -0.3 is 14.4 Å². The number of nitrogens with zero attached hydrogens (tertiary/aromatic N) is 2. The van der Waals surface area contributed by atoms with Crippen LogP contribution in [0.1, 0.15) is 34.3 Å². The summed E-state index contributed by atoms with van der Waals surface area (Å²) in [6, 6.07) is 14.1. The van der Waals surface area contributed by atoms with E-state index in [1.807, 2.05) is 24.3 Å². The Morgan fingerprint density at radius 3 is 2.47 bits per heavy atom. The third-order valence-corrected chi connectivity index (χ3v) is 5.85. The number of likely N-dealkylation sites (tertiary alicyclic amines) is 1. The van der Waals surface area contributed by atoms with Gasteiger partial charge >= 0.3 is 0 Å². The van der Waals surface area contributed by atoms with Crippen molar-refractivity contribution in [3.05, 3.63) is 65.2 Å². The van der Waals surface area contributed by atoms with Crippen LogP contribution in [-0.2, 0) is 11.3 Å². The molecule has 2 aromatic carbocycles. The molecule has 2 aliphatic heterocycles. The number of ketones is 1. The van der Waals surface area contributed by atoms with Crippen LogP contribution in [0.4, 0.5) is 5.69 Å². The summed E-state index contributed by atoms with van der Waals surface area (Å²) in [5.74, 6) is 0.860. The molecule has 0 bridgehead atoms. The number of ether oxygens (including phenoxy) is 2. The van der Waals surface area contributed by atoms with Crippen LogP contribution < -0.4 is 9.64 Å². The first-order valence-electron chi connectivity index (χ1n) is 10.8. The number of carbonyl (C=O) groups is 1. The fraction of sp³-hybridized carbons (Fsp3) is 0.400. The van der Waals surface area contributed by atoms with Gasteiger partial charge in [0.1, 0.15) is 5.75 Å². The highest BCUT2D eigenvalue weighted by molar-refractivity contribution is 6.07. The van der Waals surface area contributed by atoms with Crippen molar-refractivity contribution in [2.24, 2.45) is 0 Å². The van der Waals surface area contributed by atoms with Crippen molar-refractivity contribution in [1.29, 1.82) is 0 Å². The summed E-state index contributed by atoms with van der Waals surface area (Å²) in [6.07, 6.45) is 6.03. The van der Waals surface area contributed by atoms with E-state index in [4.69, 9.17) is 9.47 Å². The van der Waals surface area contributed by atoms with E-state index in [9.17, 15) is 4.79 Å². The van der Waals surface area contributed by atoms with Gasteiger partial charge in [-0.3, -0.25) is 9.69 Å². The van der Waals surface area contributed by atoms with Gasteiger partial charge in [-0.05, 0) is 67.9 Å². The SMILES string of the molecule is COc1ccc(C(=O)/C=C/c2ccc(N3CCOCC3)cc2)cc1CN1CCCC1. The van der Waals surface area contributed by atoms with Crippen molar-refractivity contribution in [2.45, 2.75) is 19.4 Å². The standard InChI is InChI=1S/C25H30N2O3/c1-29-25-11-7-21(18-22(25)19-26-12-2-3-13-26)24(28)10-6-20-4-8-23(9-5-20)27-14-16-30-17-15-27/h4-11,18H,2-3,12-17,19H2,1H3/b10-6+. The summed E-state index contributed by atoms with van der Waals surface area (Å²) in [7, 11) is 1.69. The maximum atomic E-state index is 12.8. The molecule has 2 heterocycles. The molecule has 4 rings (SSSR count). The Bertz CT molecular complexity index is 880. The average molecular weight is 407 g/mol. The molecule has 0 radical (unpaired) electrons. The zero-order valence-corrected chi connectivity index (χ0v) is 17.7. The number of benzene rings is 2. The first kappa shape index (κ1) is 20.6. The van der Waals surface area contributed by atoms with E-state index in [1.54, 1.807) is 13.2 Å². The molecule has 5 nitrogen and oxygen atoms in total. The summed E-state index contributed by atoms with van der Waals surface area (Å²) < 4.78 is 10.9. The number of carbonyl (C=O) groups excluding carboxylic acids is 1. The summed E-state index contributed by atoms with van der Waals surface area (Å²) in [6.45, 7) is 6.45. The molecule has 2 aromatic rings. The Morgan fingerprint density at radius 1 is 1.03 bits per heavy atom. The van der Waals surface area contributed by atoms with Gasteiger partial charge in [-0.1, -0.05) is 18.2 Å². The van der Waals surface area contributed by atoms with E-state index in [0.29, 0.717) is 5.56 Å². The molecule has 2 aliphatic rings. The Morgan fingerprint density at radius 2 is 1.77 bits per heavy atom. The summed E-state index contributed by atoms with van der Waals surface area (Å²) in [5, 5.41) is 0. The minimum absolute atomic E-state index is 0.0116. The van der Waals surface area contributed by atoms with Crippen molar-refractivity contribution in [3.8, 4) is 5.75 Å². The molecule has 0 aliphatic carbocycles. The van der Waals surface area contributed by atoms with Crippen LogP contribution in [0, 0.1) is 0 Å². The lowest BCUT2D eigenvalue weighted by Crippen LogP contribution is -2.36. The van der Waals surface area contributed by atoms with Gasteiger partial charge in [0.15, 0.2) is 5.78 Å². The van der Waals surface area contributed by atoms with E-state index >= 15 is 0 Å². The second kappa shape index (κ2) is 9.92. The molecule has 0 aromatic heterocycles. The lowest BCUT2D eigenvalue weighted by molar-refractivity contribution is 0.104. The number of rotatable bonds is 7. The number of anilines is 1. The quantitative estimate of drug-likeness (QED) is 0.513. The Labute approximate surface area is 178 Å². The number of hydrogen-bond acceptors (Lipinski definition) is 5. The summed E-state index contributed by atoms with van der Waals surface area (Å²) >= 11 is 0. The third kappa shape index (κ3) is 5.10. The summed E-state index contributed by atoms with van der Waals surface area (Å²) in [5.41, 5.74) is 3.99. The van der Waals surface area contributed by atoms with Gasteiger partial charge in [0, 0.05) is 36.4 Å². The van der Waals surface area contributed by atoms with Gasteiger partial charge in [0.25, 0.3) is 0 Å². The van der Waals surface area contributed by atoms with Crippen molar-refractivity contribution in [1.82, 2.24) is 4.90 Å². The molecule has 0 saturated carbocycles. The van der Waals surface area contributed by atoms with Crippen LogP contribution in [0.15, 0.2) is 48.5 Å². The molecule has 0 amide bonds. The molecule has 0 atom stereocenters. The summed E-state index contributed by atoms with van der Waals surface area (Å²) in [4.78, 5) is 17.5. The monoisotopic (exact) mass is 406 g/mol. The Kier molecular flexibility index (Phi) is 6.82.